The number of carbonyl (C=O) groups excluding carboxylic acids is 1. The molecule has 2 nitrogen and oxygen atoms in total. The summed E-state index contributed by atoms with van der Waals surface area (Å²) in [6.45, 7) is 0. The van der Waals surface area contributed by atoms with E-state index in [0.29, 0.717) is 14.8 Å². The number of benzene rings is 1. The smallest absolute Gasteiger partial charge is 0.195 e. The second kappa shape index (κ2) is 5.63. The van der Waals surface area contributed by atoms with Gasteiger partial charge in [0.2, 0.25) is 0 Å². The summed E-state index contributed by atoms with van der Waals surface area (Å²) in [4.78, 5) is 12.4. The molecule has 0 aliphatic carbocycles. The predicted molar refractivity (Wildman–Crippen MR) is 73.9 cm³/mol. The molecule has 0 radical (unpaired) electrons. The van der Waals surface area contributed by atoms with Crippen LogP contribution in [0.2, 0.25) is 4.34 Å². The molecule has 2 aromatic rings. The van der Waals surface area contributed by atoms with E-state index in [1.165, 1.54) is 17.4 Å². The predicted octanol–water partition coefficient (Wildman–Crippen LogP) is 4.17. The zero-order valence-electron chi connectivity index (χ0n) is 9.26. The van der Waals surface area contributed by atoms with Crippen molar-refractivity contribution < 1.29 is 4.79 Å². The first kappa shape index (κ1) is 12.6. The highest BCUT2D eigenvalue weighted by atomic mass is 35.5. The largest absolute Gasteiger partial charge is 0.288 e. The van der Waals surface area contributed by atoms with E-state index in [2.05, 4.69) is 0 Å². The number of rotatable bonds is 3. The molecule has 0 N–H and O–H groups in total. The van der Waals surface area contributed by atoms with E-state index in [0.717, 1.165) is 5.56 Å². The maximum Gasteiger partial charge on any atom is 0.195 e. The van der Waals surface area contributed by atoms with Crippen molar-refractivity contribution in [2.45, 2.75) is 0 Å². The van der Waals surface area contributed by atoms with Gasteiger partial charge in [0.15, 0.2) is 5.78 Å². The number of carbonyl (C=O) groups is 1. The summed E-state index contributed by atoms with van der Waals surface area (Å²) in [6, 6.07) is 12.5. The van der Waals surface area contributed by atoms with Gasteiger partial charge >= 0.3 is 0 Å². The average molecular weight is 274 g/mol. The van der Waals surface area contributed by atoms with Crippen LogP contribution in [0.3, 0.4) is 0 Å². The summed E-state index contributed by atoms with van der Waals surface area (Å²) in [6.07, 6.45) is 3.22. The molecule has 0 saturated heterocycles. The molecule has 88 valence electrons. The Morgan fingerprint density at radius 2 is 1.94 bits per heavy atom. The minimum Gasteiger partial charge on any atom is -0.288 e. The number of hydrogen-bond acceptors (Lipinski definition) is 3. The summed E-state index contributed by atoms with van der Waals surface area (Å²) in [5, 5.41) is 8.66. The number of allylic oxidation sites excluding steroid dienone is 1. The molecule has 0 aliphatic rings. The lowest BCUT2D eigenvalue weighted by atomic mass is 10.1. The van der Waals surface area contributed by atoms with E-state index in [1.807, 2.05) is 6.07 Å². The van der Waals surface area contributed by atoms with Crippen LogP contribution < -0.4 is 0 Å². The standard InChI is InChI=1S/C14H8ClNOS/c15-14-8-7-13(18-14)12(17)6-5-10-1-3-11(9-16)4-2-10/h1-8H. The van der Waals surface area contributed by atoms with E-state index in [1.54, 1.807) is 42.5 Å². The van der Waals surface area contributed by atoms with Gasteiger partial charge in [-0.25, -0.2) is 0 Å². The van der Waals surface area contributed by atoms with E-state index in [-0.39, 0.29) is 5.78 Å². The van der Waals surface area contributed by atoms with Crippen LogP contribution >= 0.6 is 22.9 Å². The van der Waals surface area contributed by atoms with Gasteiger partial charge in [-0.15, -0.1) is 11.3 Å². The van der Waals surface area contributed by atoms with Crippen LogP contribution in [0.5, 0.6) is 0 Å². The third-order valence-electron chi connectivity index (χ3n) is 2.28. The van der Waals surface area contributed by atoms with Crippen molar-refractivity contribution in [1.29, 1.82) is 5.26 Å². The molecule has 2 rings (SSSR count). The van der Waals surface area contributed by atoms with Crippen molar-refractivity contribution in [3.63, 3.8) is 0 Å². The molecule has 0 unspecified atom stereocenters. The molecule has 0 spiro atoms. The SMILES string of the molecule is N#Cc1ccc(C=CC(=O)c2ccc(Cl)s2)cc1. The van der Waals surface area contributed by atoms with Crippen LogP contribution in [0.1, 0.15) is 20.8 Å². The van der Waals surface area contributed by atoms with Gasteiger partial charge < -0.3 is 0 Å². The van der Waals surface area contributed by atoms with Gasteiger partial charge in [0.1, 0.15) is 0 Å². The van der Waals surface area contributed by atoms with Gasteiger partial charge in [-0.1, -0.05) is 29.8 Å². The average Bonchev–Trinajstić information content (AvgIpc) is 2.83. The van der Waals surface area contributed by atoms with Crippen LogP contribution in [0.25, 0.3) is 6.08 Å². The topological polar surface area (TPSA) is 40.9 Å². The Bertz CT molecular complexity index is 635. The molecule has 1 heterocycles. The summed E-state index contributed by atoms with van der Waals surface area (Å²) in [5.74, 6) is -0.0729. The Morgan fingerprint density at radius 3 is 2.50 bits per heavy atom. The molecule has 1 aromatic heterocycles. The molecule has 0 fully saturated rings. The van der Waals surface area contributed by atoms with Crippen molar-refractivity contribution in [2.75, 3.05) is 0 Å². The zero-order chi connectivity index (χ0) is 13.0. The van der Waals surface area contributed by atoms with Crippen molar-refractivity contribution in [1.82, 2.24) is 0 Å². The first-order valence-corrected chi connectivity index (χ1v) is 6.36. The van der Waals surface area contributed by atoms with Crippen LogP contribution in [-0.2, 0) is 0 Å². The third kappa shape index (κ3) is 3.07. The summed E-state index contributed by atoms with van der Waals surface area (Å²) >= 11 is 7.03. The van der Waals surface area contributed by atoms with Gasteiger partial charge in [0.25, 0.3) is 0 Å². The van der Waals surface area contributed by atoms with Crippen LogP contribution in [0.4, 0.5) is 0 Å². The van der Waals surface area contributed by atoms with Gasteiger partial charge in [0, 0.05) is 0 Å². The molecule has 0 amide bonds. The normalized spacial score (nSPS) is 10.4. The van der Waals surface area contributed by atoms with Crippen LogP contribution in [-0.4, -0.2) is 5.78 Å². The Morgan fingerprint density at radius 1 is 1.22 bits per heavy atom. The lowest BCUT2D eigenvalue weighted by molar-refractivity contribution is 0.105. The van der Waals surface area contributed by atoms with Crippen LogP contribution in [0.15, 0.2) is 42.5 Å². The number of thiophene rings is 1. The number of nitrogens with zero attached hydrogens (tertiary/aromatic N) is 1. The van der Waals surface area contributed by atoms with E-state index in [4.69, 9.17) is 16.9 Å². The fourth-order valence-electron chi connectivity index (χ4n) is 1.37. The highest BCUT2D eigenvalue weighted by Gasteiger charge is 2.04. The van der Waals surface area contributed by atoms with Gasteiger partial charge in [0.05, 0.1) is 20.8 Å². The van der Waals surface area contributed by atoms with E-state index >= 15 is 0 Å². The van der Waals surface area contributed by atoms with E-state index in [9.17, 15) is 4.79 Å². The van der Waals surface area contributed by atoms with Crippen molar-refractivity contribution in [2.24, 2.45) is 0 Å². The lowest BCUT2D eigenvalue weighted by Crippen LogP contribution is -1.88. The highest BCUT2D eigenvalue weighted by molar-refractivity contribution is 7.18. The van der Waals surface area contributed by atoms with Gasteiger partial charge in [-0.05, 0) is 35.9 Å². The van der Waals surface area contributed by atoms with Gasteiger partial charge in [-0.3, -0.25) is 4.79 Å². The Labute approximate surface area is 114 Å². The first-order chi connectivity index (χ1) is 8.69. The summed E-state index contributed by atoms with van der Waals surface area (Å²) in [7, 11) is 0. The number of halogens is 1. The molecule has 0 saturated carbocycles. The third-order valence-corrected chi connectivity index (χ3v) is 3.53. The first-order valence-electron chi connectivity index (χ1n) is 5.17. The number of hydrogen-bond donors (Lipinski definition) is 0. The molecule has 0 aliphatic heterocycles. The molecule has 4 heteroatoms. The number of ketones is 1. The lowest BCUT2D eigenvalue weighted by Gasteiger charge is -1.93. The molecule has 0 bridgehead atoms. The van der Waals surface area contributed by atoms with Crippen molar-refractivity contribution >= 4 is 34.8 Å². The van der Waals surface area contributed by atoms with Crippen molar-refractivity contribution in [3.8, 4) is 6.07 Å². The maximum absolute atomic E-state index is 11.8. The Kier molecular flexibility index (Phi) is 3.93. The molecule has 18 heavy (non-hydrogen) atoms. The Balaban J connectivity index is 2.11. The highest BCUT2D eigenvalue weighted by Crippen LogP contribution is 2.22. The minimum atomic E-state index is -0.0729. The molecular weight excluding hydrogens is 266 g/mol. The summed E-state index contributed by atoms with van der Waals surface area (Å²) in [5.41, 5.74) is 1.48. The maximum atomic E-state index is 11.8. The monoisotopic (exact) mass is 273 g/mol. The minimum absolute atomic E-state index is 0.0729. The second-order valence-electron chi connectivity index (χ2n) is 3.54. The summed E-state index contributed by atoms with van der Waals surface area (Å²) < 4.78 is 0.602. The molecule has 0 atom stereocenters. The van der Waals surface area contributed by atoms with Crippen LogP contribution in [0, 0.1) is 11.3 Å². The fourth-order valence-corrected chi connectivity index (χ4v) is 2.33. The quantitative estimate of drug-likeness (QED) is 0.622. The van der Waals surface area contributed by atoms with Crippen molar-refractivity contribution in [3.05, 3.63) is 62.8 Å². The zero-order valence-corrected chi connectivity index (χ0v) is 10.8. The fraction of sp³-hybridized carbons (Fsp3) is 0. The second-order valence-corrected chi connectivity index (χ2v) is 5.25. The molecule has 1 aromatic carbocycles. The Hall–Kier alpha value is -1.89. The number of nitriles is 1. The van der Waals surface area contributed by atoms with E-state index < -0.39 is 0 Å². The molecular formula is C14H8ClNOS. The van der Waals surface area contributed by atoms with Gasteiger partial charge in [-0.2, -0.15) is 5.26 Å².